The van der Waals surface area contributed by atoms with Gasteiger partial charge in [0.25, 0.3) is 10.9 Å². The van der Waals surface area contributed by atoms with Crippen molar-refractivity contribution >= 4 is 29.0 Å². The molecule has 0 aliphatic heterocycles. The number of aromatic nitrogens is 2. The molecule has 0 atom stereocenters. The molecular weight excluding hydrogens is 440 g/mol. The average molecular weight is 461 g/mol. The highest BCUT2D eigenvalue weighted by molar-refractivity contribution is 7.99. The van der Waals surface area contributed by atoms with Gasteiger partial charge in [-0.15, -0.1) is 10.2 Å². The van der Waals surface area contributed by atoms with Crippen LogP contribution in [0.5, 0.6) is 0 Å². The Morgan fingerprint density at radius 2 is 1.67 bits per heavy atom. The number of hydrogen-bond donors (Lipinski definition) is 1. The zero-order valence-electron chi connectivity index (χ0n) is 17.7. The molecule has 166 valence electrons. The number of hydrogen-bond acceptors (Lipinski definition) is 7. The number of nitrogens with one attached hydrogen (secondary N) is 1. The van der Waals surface area contributed by atoms with Gasteiger partial charge in [0, 0.05) is 6.07 Å². The molecule has 3 aromatic carbocycles. The van der Waals surface area contributed by atoms with Gasteiger partial charge in [-0.2, -0.15) is 0 Å². The Hall–Kier alpha value is -3.98. The number of thioether (sulfide) groups is 1. The third-order valence-corrected chi connectivity index (χ3v) is 5.70. The van der Waals surface area contributed by atoms with Crippen molar-refractivity contribution in [2.24, 2.45) is 0 Å². The smallest absolute Gasteiger partial charge is 0.293 e. The summed E-state index contributed by atoms with van der Waals surface area (Å²) in [6.45, 7) is 1.75. The van der Waals surface area contributed by atoms with E-state index >= 15 is 0 Å². The third kappa shape index (κ3) is 5.45. The molecule has 33 heavy (non-hydrogen) atoms. The standard InChI is InChI=1S/C24H20N4O4S/c1-16-12-13-19(20(14-16)28(30)31)25-21(29)15-33-24-27-26-23(32-24)22(17-8-4-2-5-9-17)18-10-6-3-7-11-18/h2-14,22H,15H2,1H3,(H,25,29). The number of carbonyl (C=O) groups excluding carboxylic acids is 1. The number of aryl methyl sites for hydroxylation is 1. The van der Waals surface area contributed by atoms with Crippen molar-refractivity contribution < 1.29 is 14.1 Å². The van der Waals surface area contributed by atoms with E-state index in [0.717, 1.165) is 28.5 Å². The van der Waals surface area contributed by atoms with Crippen LogP contribution >= 0.6 is 11.8 Å². The molecule has 0 saturated heterocycles. The van der Waals surface area contributed by atoms with E-state index in [1.54, 1.807) is 13.0 Å². The van der Waals surface area contributed by atoms with E-state index in [-0.39, 0.29) is 28.3 Å². The second-order valence-electron chi connectivity index (χ2n) is 7.28. The van der Waals surface area contributed by atoms with Crippen LogP contribution in [0.1, 0.15) is 28.5 Å². The predicted molar refractivity (Wildman–Crippen MR) is 125 cm³/mol. The Balaban J connectivity index is 1.47. The average Bonchev–Trinajstić information content (AvgIpc) is 3.29. The Bertz CT molecular complexity index is 1220. The van der Waals surface area contributed by atoms with Crippen molar-refractivity contribution in [3.05, 3.63) is 112 Å². The molecule has 1 heterocycles. The van der Waals surface area contributed by atoms with Crippen LogP contribution in [0.4, 0.5) is 11.4 Å². The van der Waals surface area contributed by atoms with Gasteiger partial charge >= 0.3 is 0 Å². The zero-order valence-corrected chi connectivity index (χ0v) is 18.5. The highest BCUT2D eigenvalue weighted by Gasteiger charge is 2.23. The van der Waals surface area contributed by atoms with E-state index in [1.807, 2.05) is 60.7 Å². The van der Waals surface area contributed by atoms with Crippen molar-refractivity contribution in [3.63, 3.8) is 0 Å². The number of benzene rings is 3. The summed E-state index contributed by atoms with van der Waals surface area (Å²) in [5.41, 5.74) is 2.75. The molecule has 9 heteroatoms. The maximum Gasteiger partial charge on any atom is 0.293 e. The molecule has 0 aliphatic rings. The van der Waals surface area contributed by atoms with Crippen molar-refractivity contribution in [1.82, 2.24) is 10.2 Å². The van der Waals surface area contributed by atoms with Crippen LogP contribution in [0.25, 0.3) is 0 Å². The van der Waals surface area contributed by atoms with E-state index in [9.17, 15) is 14.9 Å². The molecule has 0 aliphatic carbocycles. The molecule has 4 aromatic rings. The molecule has 0 fully saturated rings. The highest BCUT2D eigenvalue weighted by Crippen LogP contribution is 2.32. The molecule has 4 rings (SSSR count). The molecule has 0 saturated carbocycles. The van der Waals surface area contributed by atoms with Crippen LogP contribution in [-0.2, 0) is 4.79 Å². The minimum absolute atomic E-state index is 0.0337. The van der Waals surface area contributed by atoms with E-state index in [0.29, 0.717) is 5.89 Å². The van der Waals surface area contributed by atoms with Crippen LogP contribution in [0.3, 0.4) is 0 Å². The van der Waals surface area contributed by atoms with E-state index in [4.69, 9.17) is 4.42 Å². The lowest BCUT2D eigenvalue weighted by Crippen LogP contribution is -2.15. The Morgan fingerprint density at radius 1 is 1.03 bits per heavy atom. The molecule has 0 bridgehead atoms. The summed E-state index contributed by atoms with van der Waals surface area (Å²) in [6, 6.07) is 24.3. The molecular formula is C24H20N4O4S. The molecule has 0 unspecified atom stereocenters. The van der Waals surface area contributed by atoms with Crippen LogP contribution in [0.15, 0.2) is 88.5 Å². The SMILES string of the molecule is Cc1ccc(NC(=O)CSc2nnc(C(c3ccccc3)c3ccccc3)o2)c([N+](=O)[O-])c1. The number of nitrogens with zero attached hydrogens (tertiary/aromatic N) is 3. The number of amides is 1. The summed E-state index contributed by atoms with van der Waals surface area (Å²) in [6.07, 6.45) is 0. The molecule has 0 radical (unpaired) electrons. The lowest BCUT2D eigenvalue weighted by Gasteiger charge is -2.13. The van der Waals surface area contributed by atoms with Gasteiger partial charge in [0.15, 0.2) is 0 Å². The van der Waals surface area contributed by atoms with Crippen LogP contribution in [0.2, 0.25) is 0 Å². The van der Waals surface area contributed by atoms with Gasteiger partial charge in [-0.1, -0.05) is 78.5 Å². The lowest BCUT2D eigenvalue weighted by atomic mass is 9.91. The fourth-order valence-corrected chi connectivity index (χ4v) is 3.95. The van der Waals surface area contributed by atoms with Crippen molar-refractivity contribution in [3.8, 4) is 0 Å². The summed E-state index contributed by atoms with van der Waals surface area (Å²) in [5.74, 6) is -0.259. The number of nitro groups is 1. The van der Waals surface area contributed by atoms with E-state index < -0.39 is 10.8 Å². The zero-order chi connectivity index (χ0) is 23.2. The Morgan fingerprint density at radius 3 is 2.27 bits per heavy atom. The second kappa shape index (κ2) is 10.1. The van der Waals surface area contributed by atoms with Crippen molar-refractivity contribution in [2.75, 3.05) is 11.1 Å². The number of carbonyl (C=O) groups is 1. The normalized spacial score (nSPS) is 10.8. The molecule has 1 aromatic heterocycles. The van der Waals surface area contributed by atoms with Crippen LogP contribution in [0, 0.1) is 17.0 Å². The Labute approximate surface area is 194 Å². The van der Waals surface area contributed by atoms with Gasteiger partial charge in [-0.25, -0.2) is 0 Å². The number of nitro benzene ring substituents is 1. The first kappa shape index (κ1) is 22.2. The van der Waals surface area contributed by atoms with Gasteiger partial charge < -0.3 is 9.73 Å². The highest BCUT2D eigenvalue weighted by atomic mass is 32.2. The van der Waals surface area contributed by atoms with Gasteiger partial charge in [-0.3, -0.25) is 14.9 Å². The number of anilines is 1. The number of rotatable bonds is 8. The maximum atomic E-state index is 12.4. The minimum atomic E-state index is -0.520. The molecule has 1 amide bonds. The fourth-order valence-electron chi connectivity index (χ4n) is 3.38. The van der Waals surface area contributed by atoms with E-state index in [2.05, 4.69) is 15.5 Å². The third-order valence-electron chi connectivity index (χ3n) is 4.89. The van der Waals surface area contributed by atoms with Crippen molar-refractivity contribution in [2.45, 2.75) is 18.1 Å². The molecule has 0 spiro atoms. The summed E-state index contributed by atoms with van der Waals surface area (Å²) in [7, 11) is 0. The first-order valence-corrected chi connectivity index (χ1v) is 11.1. The maximum absolute atomic E-state index is 12.4. The summed E-state index contributed by atoms with van der Waals surface area (Å²) < 4.78 is 5.89. The van der Waals surface area contributed by atoms with Gasteiger partial charge in [0.05, 0.1) is 16.6 Å². The minimum Gasteiger partial charge on any atom is -0.415 e. The van der Waals surface area contributed by atoms with Crippen molar-refractivity contribution in [1.29, 1.82) is 0 Å². The Kier molecular flexibility index (Phi) is 6.80. The summed E-state index contributed by atoms with van der Waals surface area (Å²) >= 11 is 1.07. The van der Waals surface area contributed by atoms with Crippen LogP contribution < -0.4 is 5.32 Å². The van der Waals surface area contributed by atoms with E-state index in [1.165, 1.54) is 12.1 Å². The lowest BCUT2D eigenvalue weighted by molar-refractivity contribution is -0.384. The largest absolute Gasteiger partial charge is 0.415 e. The fraction of sp³-hybridized carbons (Fsp3) is 0.125. The van der Waals surface area contributed by atoms with Gasteiger partial charge in [0.2, 0.25) is 11.8 Å². The summed E-state index contributed by atoms with van der Waals surface area (Å²) in [4.78, 5) is 23.1. The first-order chi connectivity index (χ1) is 16.0. The molecule has 1 N–H and O–H groups in total. The quantitative estimate of drug-likeness (QED) is 0.219. The van der Waals surface area contributed by atoms with Gasteiger partial charge in [0.1, 0.15) is 5.69 Å². The first-order valence-electron chi connectivity index (χ1n) is 10.1. The molecule has 8 nitrogen and oxygen atoms in total. The topological polar surface area (TPSA) is 111 Å². The second-order valence-corrected chi connectivity index (χ2v) is 8.20. The summed E-state index contributed by atoms with van der Waals surface area (Å²) in [5, 5.41) is 22.4. The van der Waals surface area contributed by atoms with Crippen LogP contribution in [-0.4, -0.2) is 26.8 Å². The predicted octanol–water partition coefficient (Wildman–Crippen LogP) is 5.20. The van der Waals surface area contributed by atoms with Gasteiger partial charge in [-0.05, 0) is 29.7 Å². The monoisotopic (exact) mass is 460 g/mol.